The van der Waals surface area contributed by atoms with Crippen LogP contribution in [-0.2, 0) is 0 Å². The first-order chi connectivity index (χ1) is 15.3. The van der Waals surface area contributed by atoms with Gasteiger partial charge in [0.2, 0.25) is 0 Å². The second-order valence-corrected chi connectivity index (χ2v) is 8.43. The average Bonchev–Trinajstić information content (AvgIpc) is 3.60. The molecule has 0 unspecified atom stereocenters. The van der Waals surface area contributed by atoms with Gasteiger partial charge in [-0.15, -0.1) is 0 Å². The molecule has 4 aromatic rings. The van der Waals surface area contributed by atoms with Gasteiger partial charge in [-0.3, -0.25) is 4.98 Å². The molecule has 1 saturated carbocycles. The Morgan fingerprint density at radius 2 is 1.81 bits per heavy atom. The number of anilines is 1. The van der Waals surface area contributed by atoms with E-state index in [1.54, 1.807) is 0 Å². The Hall–Kier alpha value is -3.32. The molecule has 6 rings (SSSR count). The predicted octanol–water partition coefficient (Wildman–Crippen LogP) is 3.45. The number of pyridine rings is 2. The molecule has 0 bridgehead atoms. The van der Waals surface area contributed by atoms with Crippen molar-refractivity contribution in [2.75, 3.05) is 31.1 Å². The molecule has 4 aromatic heterocycles. The molecule has 0 radical (unpaired) electrons. The van der Waals surface area contributed by atoms with Crippen LogP contribution in [0.15, 0.2) is 48.9 Å². The Balaban J connectivity index is 1.49. The summed E-state index contributed by atoms with van der Waals surface area (Å²) in [6.45, 7) is 6.03. The zero-order valence-corrected chi connectivity index (χ0v) is 17.6. The first kappa shape index (κ1) is 18.4. The summed E-state index contributed by atoms with van der Waals surface area (Å²) in [6.07, 6.45) is 8.01. The highest BCUT2D eigenvalue weighted by Crippen LogP contribution is 2.45. The fraction of sp³-hybridized carbons (Fsp3) is 0.333. The summed E-state index contributed by atoms with van der Waals surface area (Å²) in [7, 11) is 0. The predicted molar refractivity (Wildman–Crippen MR) is 121 cm³/mol. The number of imidazole rings is 1. The van der Waals surface area contributed by atoms with E-state index in [9.17, 15) is 0 Å². The number of nitrogens with zero attached hydrogens (tertiary/aromatic N) is 6. The van der Waals surface area contributed by atoms with Crippen molar-refractivity contribution in [1.82, 2.24) is 29.9 Å². The Morgan fingerprint density at radius 3 is 2.52 bits per heavy atom. The van der Waals surface area contributed by atoms with Gasteiger partial charge in [0.05, 0.1) is 17.1 Å². The van der Waals surface area contributed by atoms with Gasteiger partial charge < -0.3 is 10.2 Å². The van der Waals surface area contributed by atoms with Crippen molar-refractivity contribution in [3.8, 4) is 22.4 Å². The van der Waals surface area contributed by atoms with E-state index in [-0.39, 0.29) is 0 Å². The van der Waals surface area contributed by atoms with Crippen LogP contribution in [0, 0.1) is 6.92 Å². The molecule has 0 aromatic carbocycles. The molecule has 2 fully saturated rings. The number of aryl methyl sites for hydroxylation is 1. The van der Waals surface area contributed by atoms with Crippen molar-refractivity contribution in [3.63, 3.8) is 0 Å². The van der Waals surface area contributed by atoms with Crippen LogP contribution in [0.3, 0.4) is 0 Å². The number of nitrogens with one attached hydrogen (secondary N) is 1. The van der Waals surface area contributed by atoms with Crippen LogP contribution in [0.1, 0.15) is 30.1 Å². The smallest absolute Gasteiger partial charge is 0.162 e. The molecule has 1 aliphatic heterocycles. The van der Waals surface area contributed by atoms with E-state index in [1.807, 2.05) is 42.2 Å². The fourth-order valence-electron chi connectivity index (χ4n) is 4.42. The highest BCUT2D eigenvalue weighted by atomic mass is 15.3. The number of piperazine rings is 1. The van der Waals surface area contributed by atoms with Gasteiger partial charge in [0.15, 0.2) is 5.65 Å². The van der Waals surface area contributed by atoms with Crippen molar-refractivity contribution in [2.45, 2.75) is 25.7 Å². The van der Waals surface area contributed by atoms with Gasteiger partial charge in [0.25, 0.3) is 0 Å². The maximum absolute atomic E-state index is 5.11. The lowest BCUT2D eigenvalue weighted by Crippen LogP contribution is -2.43. The molecular weight excluding hydrogens is 386 g/mol. The Bertz CT molecular complexity index is 1220. The number of aromatic nitrogens is 5. The highest BCUT2D eigenvalue weighted by Gasteiger charge is 2.32. The summed E-state index contributed by atoms with van der Waals surface area (Å²) in [6, 6.07) is 10.5. The second-order valence-electron chi connectivity index (χ2n) is 8.43. The molecule has 5 heterocycles. The van der Waals surface area contributed by atoms with E-state index >= 15 is 0 Å². The van der Waals surface area contributed by atoms with E-state index in [2.05, 4.69) is 33.4 Å². The summed E-state index contributed by atoms with van der Waals surface area (Å²) in [5, 5.41) is 8.27. The maximum atomic E-state index is 5.11. The second kappa shape index (κ2) is 7.42. The van der Waals surface area contributed by atoms with Gasteiger partial charge in [-0.2, -0.15) is 5.10 Å². The van der Waals surface area contributed by atoms with Crippen LogP contribution in [0.4, 0.5) is 5.82 Å². The summed E-state index contributed by atoms with van der Waals surface area (Å²) in [4.78, 5) is 16.4. The van der Waals surface area contributed by atoms with Crippen molar-refractivity contribution in [3.05, 3.63) is 60.3 Å². The zero-order valence-electron chi connectivity index (χ0n) is 17.6. The molecule has 2 aliphatic rings. The van der Waals surface area contributed by atoms with Crippen molar-refractivity contribution >= 4 is 11.5 Å². The summed E-state index contributed by atoms with van der Waals surface area (Å²) in [5.41, 5.74) is 7.36. The van der Waals surface area contributed by atoms with Crippen LogP contribution in [0.5, 0.6) is 0 Å². The van der Waals surface area contributed by atoms with E-state index in [4.69, 9.17) is 15.1 Å². The third-order valence-corrected chi connectivity index (χ3v) is 6.15. The lowest BCUT2D eigenvalue weighted by molar-refractivity contribution is 0.585. The van der Waals surface area contributed by atoms with Gasteiger partial charge in [-0.1, -0.05) is 0 Å². The number of hydrogen-bond acceptors (Lipinski definition) is 6. The molecule has 1 N–H and O–H groups in total. The van der Waals surface area contributed by atoms with Crippen LogP contribution >= 0.6 is 0 Å². The maximum Gasteiger partial charge on any atom is 0.162 e. The molecule has 156 valence electrons. The lowest BCUT2D eigenvalue weighted by Gasteiger charge is -2.28. The first-order valence-corrected chi connectivity index (χ1v) is 11.0. The first-order valence-electron chi connectivity index (χ1n) is 11.0. The quantitative estimate of drug-likeness (QED) is 0.555. The van der Waals surface area contributed by atoms with Gasteiger partial charge >= 0.3 is 0 Å². The van der Waals surface area contributed by atoms with Crippen LogP contribution in [0.25, 0.3) is 28.0 Å². The van der Waals surface area contributed by atoms with Crippen molar-refractivity contribution < 1.29 is 0 Å². The Kier molecular flexibility index (Phi) is 4.42. The minimum atomic E-state index is 0.509. The third-order valence-electron chi connectivity index (χ3n) is 6.15. The minimum Gasteiger partial charge on any atom is -0.354 e. The SMILES string of the molecule is Cc1cc(-c2ccncc2)c2nc(C3CC3)c(-c3ccc(N4CCNCC4)nc3)n2n1. The third kappa shape index (κ3) is 3.35. The Morgan fingerprint density at radius 1 is 1.00 bits per heavy atom. The molecule has 1 saturated heterocycles. The molecular formula is C24H25N7. The highest BCUT2D eigenvalue weighted by molar-refractivity contribution is 5.81. The van der Waals surface area contributed by atoms with Gasteiger partial charge in [-0.05, 0) is 55.7 Å². The number of fused-ring (bicyclic) bond motifs is 1. The normalized spacial score (nSPS) is 16.7. The molecule has 31 heavy (non-hydrogen) atoms. The topological polar surface area (TPSA) is 71.2 Å². The van der Waals surface area contributed by atoms with Crippen LogP contribution in [-0.4, -0.2) is 50.7 Å². The van der Waals surface area contributed by atoms with Crippen molar-refractivity contribution in [1.29, 1.82) is 0 Å². The molecule has 7 heteroatoms. The van der Waals surface area contributed by atoms with E-state index in [0.717, 1.165) is 71.4 Å². The minimum absolute atomic E-state index is 0.509. The largest absolute Gasteiger partial charge is 0.354 e. The van der Waals surface area contributed by atoms with Crippen molar-refractivity contribution in [2.24, 2.45) is 0 Å². The van der Waals surface area contributed by atoms with Gasteiger partial charge in [0.1, 0.15) is 5.82 Å². The fourth-order valence-corrected chi connectivity index (χ4v) is 4.42. The summed E-state index contributed by atoms with van der Waals surface area (Å²) < 4.78 is 2.03. The van der Waals surface area contributed by atoms with E-state index < -0.39 is 0 Å². The molecule has 1 aliphatic carbocycles. The van der Waals surface area contributed by atoms with E-state index in [0.29, 0.717) is 5.92 Å². The zero-order chi connectivity index (χ0) is 20.8. The van der Waals surface area contributed by atoms with Crippen LogP contribution < -0.4 is 10.2 Å². The van der Waals surface area contributed by atoms with Crippen LogP contribution in [0.2, 0.25) is 0 Å². The molecule has 7 nitrogen and oxygen atoms in total. The van der Waals surface area contributed by atoms with Gasteiger partial charge in [0, 0.05) is 61.8 Å². The summed E-state index contributed by atoms with van der Waals surface area (Å²) >= 11 is 0. The Labute approximate surface area is 181 Å². The molecule has 0 atom stereocenters. The standard InChI is InChI=1S/C24H25N7/c1-16-14-20(17-6-8-25-9-7-17)24-28-22(18-2-3-18)23(31(24)29-16)19-4-5-21(27-15-19)30-12-10-26-11-13-30/h4-9,14-15,18,26H,2-3,10-13H2,1H3. The lowest BCUT2D eigenvalue weighted by atomic mass is 10.1. The monoisotopic (exact) mass is 411 g/mol. The molecule has 0 amide bonds. The average molecular weight is 412 g/mol. The molecule has 0 spiro atoms. The van der Waals surface area contributed by atoms with Gasteiger partial charge in [-0.25, -0.2) is 14.5 Å². The number of hydrogen-bond donors (Lipinski definition) is 1. The summed E-state index contributed by atoms with van der Waals surface area (Å²) in [5.74, 6) is 1.55. The van der Waals surface area contributed by atoms with E-state index in [1.165, 1.54) is 12.8 Å². The number of rotatable bonds is 4.